The van der Waals surface area contributed by atoms with Crippen molar-refractivity contribution >= 4 is 23.4 Å². The van der Waals surface area contributed by atoms with Crippen molar-refractivity contribution in [2.75, 3.05) is 30.8 Å². The highest BCUT2D eigenvalue weighted by Gasteiger charge is 2.22. The first-order valence-electron chi connectivity index (χ1n) is 11.5. The quantitative estimate of drug-likeness (QED) is 0.326. The van der Waals surface area contributed by atoms with Crippen LogP contribution in [-0.4, -0.2) is 56.3 Å². The van der Waals surface area contributed by atoms with Crippen LogP contribution in [-0.2, 0) is 6.42 Å². The van der Waals surface area contributed by atoms with Crippen LogP contribution in [0.4, 0.5) is 17.5 Å². The number of H-pyrrole nitrogens is 1. The molecule has 1 aliphatic rings. The summed E-state index contributed by atoms with van der Waals surface area (Å²) in [4.78, 5) is 23.4. The molecule has 2 aromatic heterocycles. The highest BCUT2D eigenvalue weighted by Crippen LogP contribution is 2.30. The number of anilines is 3. The second-order valence-electron chi connectivity index (χ2n) is 8.66. The van der Waals surface area contributed by atoms with Crippen molar-refractivity contribution in [1.29, 1.82) is 0 Å². The molecular formula is C26H27N7O2. The number of aliphatic hydroxyl groups is 1. The van der Waals surface area contributed by atoms with E-state index < -0.39 is 0 Å². The number of carbonyl (C=O) groups excluding carboxylic acids is 1. The second-order valence-corrected chi connectivity index (χ2v) is 8.66. The van der Waals surface area contributed by atoms with Gasteiger partial charge in [0.05, 0.1) is 23.9 Å². The zero-order chi connectivity index (χ0) is 24.4. The van der Waals surface area contributed by atoms with E-state index in [2.05, 4.69) is 25.8 Å². The number of aromatic amines is 1. The van der Waals surface area contributed by atoms with E-state index in [1.807, 2.05) is 68.6 Å². The summed E-state index contributed by atoms with van der Waals surface area (Å²) in [5.74, 6) is 0.981. The summed E-state index contributed by atoms with van der Waals surface area (Å²) >= 11 is 0. The Hall–Kier alpha value is -4.24. The maximum absolute atomic E-state index is 12.4. The molecule has 1 aliphatic heterocycles. The molecular weight excluding hydrogens is 442 g/mol. The minimum Gasteiger partial charge on any atom is -0.394 e. The summed E-state index contributed by atoms with van der Waals surface area (Å²) in [6.45, 7) is 2.52. The van der Waals surface area contributed by atoms with Gasteiger partial charge >= 0.3 is 0 Å². The number of nitrogens with zero attached hydrogens (tertiary/aromatic N) is 4. The number of benzene rings is 2. The highest BCUT2D eigenvalue weighted by atomic mass is 16.3. The van der Waals surface area contributed by atoms with Gasteiger partial charge < -0.3 is 20.6 Å². The summed E-state index contributed by atoms with van der Waals surface area (Å²) in [7, 11) is 1.82. The van der Waals surface area contributed by atoms with Gasteiger partial charge in [0.15, 0.2) is 0 Å². The molecule has 0 unspecified atom stereocenters. The molecule has 9 nitrogen and oxygen atoms in total. The molecule has 0 bridgehead atoms. The number of hydrogen-bond donors (Lipinski definition) is 4. The maximum Gasteiger partial charge on any atom is 0.253 e. The lowest BCUT2D eigenvalue weighted by atomic mass is 9.99. The molecule has 0 aliphatic carbocycles. The zero-order valence-corrected chi connectivity index (χ0v) is 19.6. The van der Waals surface area contributed by atoms with Crippen molar-refractivity contribution in [3.63, 3.8) is 0 Å². The van der Waals surface area contributed by atoms with Crippen molar-refractivity contribution in [2.45, 2.75) is 19.4 Å². The van der Waals surface area contributed by atoms with Crippen LogP contribution in [0.3, 0.4) is 0 Å². The maximum atomic E-state index is 12.4. The van der Waals surface area contributed by atoms with E-state index in [4.69, 9.17) is 4.98 Å². The standard InChI is InChI=1S/C26H27N7O2/c1-16-12-22(32-31-16)21-14-27-26(30-24(21)29-23(15-34)17-6-4-3-5-7-17)28-19-8-9-20-18(13-19)10-11-33(2)25(20)35/h3-9,12-14,23,34H,10-11,15H2,1-2H3,(H,31,32)(H2,27,28,29,30)/t23-/m1/s1. The fourth-order valence-corrected chi connectivity index (χ4v) is 4.19. The van der Waals surface area contributed by atoms with Crippen LogP contribution >= 0.6 is 0 Å². The van der Waals surface area contributed by atoms with Crippen LogP contribution in [0.1, 0.15) is 33.2 Å². The number of aliphatic hydroxyl groups excluding tert-OH is 1. The van der Waals surface area contributed by atoms with Crippen LogP contribution in [0.2, 0.25) is 0 Å². The minimum atomic E-state index is -0.357. The van der Waals surface area contributed by atoms with Crippen LogP contribution < -0.4 is 10.6 Å². The topological polar surface area (TPSA) is 119 Å². The summed E-state index contributed by atoms with van der Waals surface area (Å²) < 4.78 is 0. The van der Waals surface area contributed by atoms with Crippen molar-refractivity contribution in [1.82, 2.24) is 25.1 Å². The largest absolute Gasteiger partial charge is 0.394 e. The second kappa shape index (κ2) is 9.55. The molecule has 0 spiro atoms. The smallest absolute Gasteiger partial charge is 0.253 e. The van der Waals surface area contributed by atoms with Gasteiger partial charge in [-0.15, -0.1) is 0 Å². The predicted octanol–water partition coefficient (Wildman–Crippen LogP) is 3.69. The Labute approximate surface area is 203 Å². The fourth-order valence-electron chi connectivity index (χ4n) is 4.19. The van der Waals surface area contributed by atoms with Crippen molar-refractivity contribution in [3.05, 3.63) is 83.2 Å². The van der Waals surface area contributed by atoms with Gasteiger partial charge in [-0.05, 0) is 48.7 Å². The van der Waals surface area contributed by atoms with E-state index in [-0.39, 0.29) is 18.6 Å². The lowest BCUT2D eigenvalue weighted by molar-refractivity contribution is 0.0781. The van der Waals surface area contributed by atoms with E-state index in [1.54, 1.807) is 11.1 Å². The Morgan fingerprint density at radius 3 is 2.71 bits per heavy atom. The van der Waals surface area contributed by atoms with Crippen molar-refractivity contribution < 1.29 is 9.90 Å². The Kier molecular flexibility index (Phi) is 6.15. The van der Waals surface area contributed by atoms with Crippen LogP contribution in [0, 0.1) is 6.92 Å². The Bertz CT molecular complexity index is 1350. The van der Waals surface area contributed by atoms with Gasteiger partial charge in [-0.25, -0.2) is 4.98 Å². The first-order chi connectivity index (χ1) is 17.0. The Morgan fingerprint density at radius 1 is 1.14 bits per heavy atom. The Morgan fingerprint density at radius 2 is 1.97 bits per heavy atom. The normalized spacial score (nSPS) is 13.9. The first kappa shape index (κ1) is 22.5. The molecule has 4 N–H and O–H groups in total. The summed E-state index contributed by atoms with van der Waals surface area (Å²) in [6, 6.07) is 17.0. The summed E-state index contributed by atoms with van der Waals surface area (Å²) in [5.41, 5.74) is 5.82. The molecule has 4 aromatic rings. The van der Waals surface area contributed by atoms with E-state index in [9.17, 15) is 9.90 Å². The number of aromatic nitrogens is 4. The van der Waals surface area contributed by atoms with E-state index in [0.717, 1.165) is 34.5 Å². The summed E-state index contributed by atoms with van der Waals surface area (Å²) in [6.07, 6.45) is 2.51. The third-order valence-corrected chi connectivity index (χ3v) is 6.12. The zero-order valence-electron chi connectivity index (χ0n) is 19.6. The molecule has 1 atom stereocenters. The lowest BCUT2D eigenvalue weighted by Gasteiger charge is -2.25. The molecule has 3 heterocycles. The molecule has 0 saturated heterocycles. The third kappa shape index (κ3) is 4.71. The Balaban J connectivity index is 1.47. The van der Waals surface area contributed by atoms with Gasteiger partial charge in [0, 0.05) is 36.7 Å². The van der Waals surface area contributed by atoms with Gasteiger partial charge in [-0.1, -0.05) is 30.3 Å². The number of hydrogen-bond acceptors (Lipinski definition) is 7. The number of aryl methyl sites for hydroxylation is 1. The molecule has 178 valence electrons. The average molecular weight is 470 g/mol. The first-order valence-corrected chi connectivity index (χ1v) is 11.5. The molecule has 2 aromatic carbocycles. The summed E-state index contributed by atoms with van der Waals surface area (Å²) in [5, 5.41) is 24.0. The number of rotatable bonds is 7. The molecule has 5 rings (SSSR count). The van der Waals surface area contributed by atoms with E-state index >= 15 is 0 Å². The predicted molar refractivity (Wildman–Crippen MR) is 135 cm³/mol. The van der Waals surface area contributed by atoms with Crippen molar-refractivity contribution in [2.24, 2.45) is 0 Å². The van der Waals surface area contributed by atoms with Gasteiger partial charge in [0.1, 0.15) is 5.82 Å². The molecule has 0 saturated carbocycles. The van der Waals surface area contributed by atoms with Gasteiger partial charge in [0.25, 0.3) is 5.91 Å². The monoisotopic (exact) mass is 469 g/mol. The van der Waals surface area contributed by atoms with E-state index in [1.165, 1.54) is 0 Å². The number of amides is 1. The number of carbonyl (C=O) groups is 1. The highest BCUT2D eigenvalue weighted by molar-refractivity contribution is 5.97. The number of nitrogens with one attached hydrogen (secondary N) is 3. The average Bonchev–Trinajstić information content (AvgIpc) is 3.31. The fraction of sp³-hybridized carbons (Fsp3) is 0.231. The third-order valence-electron chi connectivity index (χ3n) is 6.12. The molecule has 0 radical (unpaired) electrons. The van der Waals surface area contributed by atoms with Crippen molar-refractivity contribution in [3.8, 4) is 11.3 Å². The van der Waals surface area contributed by atoms with Crippen LogP contribution in [0.15, 0.2) is 60.8 Å². The lowest BCUT2D eigenvalue weighted by Crippen LogP contribution is -2.34. The van der Waals surface area contributed by atoms with Gasteiger partial charge in [-0.2, -0.15) is 10.1 Å². The van der Waals surface area contributed by atoms with Crippen LogP contribution in [0.25, 0.3) is 11.3 Å². The minimum absolute atomic E-state index is 0.0372. The molecule has 1 amide bonds. The number of fused-ring (bicyclic) bond motifs is 1. The SMILES string of the molecule is Cc1cc(-c2cnc(Nc3ccc4c(c3)CCN(C)C4=O)nc2N[C@H](CO)c2ccccc2)n[nH]1. The molecule has 35 heavy (non-hydrogen) atoms. The van der Waals surface area contributed by atoms with Gasteiger partial charge in [0.2, 0.25) is 5.95 Å². The van der Waals surface area contributed by atoms with E-state index in [0.29, 0.717) is 29.6 Å². The molecule has 9 heteroatoms. The van der Waals surface area contributed by atoms with Gasteiger partial charge in [-0.3, -0.25) is 9.89 Å². The molecule has 0 fully saturated rings. The van der Waals surface area contributed by atoms with Crippen LogP contribution in [0.5, 0.6) is 0 Å². The number of likely N-dealkylation sites (N-methyl/N-ethyl adjacent to an activating group) is 1.